The average molecular weight is 224 g/mol. The zero-order chi connectivity index (χ0) is 12.1. The molecule has 0 aliphatic rings. The molecule has 17 heavy (non-hydrogen) atoms. The Hall–Kier alpha value is -2.74. The van der Waals surface area contributed by atoms with E-state index >= 15 is 0 Å². The van der Waals surface area contributed by atoms with Gasteiger partial charge in [-0.15, -0.1) is 0 Å². The maximum atomic E-state index is 10.5. The first-order chi connectivity index (χ1) is 8.31. The molecule has 0 amide bonds. The van der Waals surface area contributed by atoms with Gasteiger partial charge < -0.3 is 5.32 Å². The van der Waals surface area contributed by atoms with Gasteiger partial charge in [-0.05, 0) is 30.3 Å². The highest BCUT2D eigenvalue weighted by atomic mass is 16.1. The minimum Gasteiger partial charge on any atom is -0.324 e. The van der Waals surface area contributed by atoms with Gasteiger partial charge in [-0.25, -0.2) is 9.97 Å². The summed E-state index contributed by atoms with van der Waals surface area (Å²) >= 11 is 0. The molecule has 2 aromatic rings. The number of hydrogen-bond acceptors (Lipinski definition) is 5. The van der Waals surface area contributed by atoms with E-state index in [4.69, 9.17) is 5.26 Å². The van der Waals surface area contributed by atoms with E-state index < -0.39 is 0 Å². The van der Waals surface area contributed by atoms with Crippen molar-refractivity contribution in [1.82, 2.24) is 9.97 Å². The number of hydrogen-bond donors (Lipinski definition) is 1. The van der Waals surface area contributed by atoms with Crippen molar-refractivity contribution < 1.29 is 4.79 Å². The molecule has 0 radical (unpaired) electrons. The molecule has 5 heteroatoms. The van der Waals surface area contributed by atoms with Crippen LogP contribution in [0, 0.1) is 11.3 Å². The summed E-state index contributed by atoms with van der Waals surface area (Å²) in [7, 11) is 0. The van der Waals surface area contributed by atoms with Crippen molar-refractivity contribution in [3.63, 3.8) is 0 Å². The number of carbonyl (C=O) groups excluding carboxylic acids is 1. The van der Waals surface area contributed by atoms with E-state index in [0.29, 0.717) is 23.5 Å². The molecule has 82 valence electrons. The Morgan fingerprint density at radius 3 is 2.65 bits per heavy atom. The first-order valence-electron chi connectivity index (χ1n) is 4.87. The van der Waals surface area contributed by atoms with Crippen LogP contribution in [-0.4, -0.2) is 16.3 Å². The average Bonchev–Trinajstić information content (AvgIpc) is 2.40. The predicted octanol–water partition coefficient (Wildman–Crippen LogP) is 1.90. The van der Waals surface area contributed by atoms with Crippen LogP contribution in [0.2, 0.25) is 0 Å². The SMILES string of the molecule is N#Cc1ccc(Nc2nccc(C=O)n2)cc1. The van der Waals surface area contributed by atoms with Gasteiger partial charge in [0.25, 0.3) is 0 Å². The number of nitriles is 1. The largest absolute Gasteiger partial charge is 0.324 e. The van der Waals surface area contributed by atoms with Crippen molar-refractivity contribution in [2.75, 3.05) is 5.32 Å². The van der Waals surface area contributed by atoms with Gasteiger partial charge >= 0.3 is 0 Å². The number of nitrogens with one attached hydrogen (secondary N) is 1. The summed E-state index contributed by atoms with van der Waals surface area (Å²) in [5, 5.41) is 11.6. The minimum absolute atomic E-state index is 0.316. The van der Waals surface area contributed by atoms with Crippen LogP contribution < -0.4 is 5.32 Å². The molecule has 1 heterocycles. The predicted molar refractivity (Wildman–Crippen MR) is 61.9 cm³/mol. The number of aldehydes is 1. The Balaban J connectivity index is 2.19. The number of rotatable bonds is 3. The second-order valence-electron chi connectivity index (χ2n) is 3.24. The number of carbonyl (C=O) groups is 1. The van der Waals surface area contributed by atoms with Crippen molar-refractivity contribution in [3.8, 4) is 6.07 Å². The van der Waals surface area contributed by atoms with E-state index in [9.17, 15) is 4.79 Å². The summed E-state index contributed by atoms with van der Waals surface area (Å²) in [6, 6.07) is 10.4. The molecular formula is C12H8N4O. The van der Waals surface area contributed by atoms with Crippen molar-refractivity contribution >= 4 is 17.9 Å². The van der Waals surface area contributed by atoms with Gasteiger partial charge in [-0.1, -0.05) is 0 Å². The smallest absolute Gasteiger partial charge is 0.227 e. The lowest BCUT2D eigenvalue weighted by Crippen LogP contribution is -1.98. The van der Waals surface area contributed by atoms with Crippen LogP contribution in [-0.2, 0) is 0 Å². The topological polar surface area (TPSA) is 78.7 Å². The second kappa shape index (κ2) is 4.86. The lowest BCUT2D eigenvalue weighted by atomic mass is 10.2. The molecule has 2 rings (SSSR count). The van der Waals surface area contributed by atoms with E-state index in [1.165, 1.54) is 12.3 Å². The summed E-state index contributed by atoms with van der Waals surface area (Å²) in [6.07, 6.45) is 2.16. The molecule has 1 aromatic heterocycles. The maximum absolute atomic E-state index is 10.5. The van der Waals surface area contributed by atoms with Crippen molar-refractivity contribution in [1.29, 1.82) is 5.26 Å². The van der Waals surface area contributed by atoms with E-state index in [1.54, 1.807) is 24.3 Å². The zero-order valence-corrected chi connectivity index (χ0v) is 8.79. The fourth-order valence-electron chi connectivity index (χ4n) is 1.26. The van der Waals surface area contributed by atoms with Crippen LogP contribution in [0.1, 0.15) is 16.1 Å². The number of benzene rings is 1. The molecule has 0 aliphatic carbocycles. The molecule has 1 N–H and O–H groups in total. The highest BCUT2D eigenvalue weighted by molar-refractivity contribution is 5.72. The van der Waals surface area contributed by atoms with Gasteiger partial charge in [0, 0.05) is 11.9 Å². The van der Waals surface area contributed by atoms with Crippen LogP contribution in [0.4, 0.5) is 11.6 Å². The van der Waals surface area contributed by atoms with Crippen molar-refractivity contribution in [2.24, 2.45) is 0 Å². The van der Waals surface area contributed by atoms with Gasteiger partial charge in [0.05, 0.1) is 11.6 Å². The Labute approximate surface area is 97.8 Å². The van der Waals surface area contributed by atoms with Crippen LogP contribution in [0.5, 0.6) is 0 Å². The molecule has 0 spiro atoms. The highest BCUT2D eigenvalue weighted by Crippen LogP contribution is 2.13. The van der Waals surface area contributed by atoms with Crippen molar-refractivity contribution in [2.45, 2.75) is 0 Å². The molecule has 0 saturated heterocycles. The van der Waals surface area contributed by atoms with E-state index in [0.717, 1.165) is 5.69 Å². The van der Waals surface area contributed by atoms with Gasteiger partial charge in [0.15, 0.2) is 6.29 Å². The summed E-state index contributed by atoms with van der Waals surface area (Å²) in [4.78, 5) is 18.5. The third kappa shape index (κ3) is 2.63. The Morgan fingerprint density at radius 1 is 1.24 bits per heavy atom. The lowest BCUT2D eigenvalue weighted by Gasteiger charge is -2.04. The Bertz CT molecular complexity index is 572. The van der Waals surface area contributed by atoms with E-state index in [-0.39, 0.29) is 0 Å². The van der Waals surface area contributed by atoms with Gasteiger partial charge in [0.2, 0.25) is 5.95 Å². The molecular weight excluding hydrogens is 216 g/mol. The first kappa shape index (κ1) is 10.8. The molecule has 0 fully saturated rings. The molecule has 0 aliphatic heterocycles. The molecule has 0 bridgehead atoms. The third-order valence-electron chi connectivity index (χ3n) is 2.07. The Kier molecular flexibility index (Phi) is 3.08. The zero-order valence-electron chi connectivity index (χ0n) is 8.79. The van der Waals surface area contributed by atoms with Crippen LogP contribution in [0.3, 0.4) is 0 Å². The lowest BCUT2D eigenvalue weighted by molar-refractivity contribution is 0.111. The van der Waals surface area contributed by atoms with Crippen LogP contribution >= 0.6 is 0 Å². The third-order valence-corrected chi connectivity index (χ3v) is 2.07. The normalized spacial score (nSPS) is 9.35. The minimum atomic E-state index is 0.316. The quantitative estimate of drug-likeness (QED) is 0.805. The fraction of sp³-hybridized carbons (Fsp3) is 0. The summed E-state index contributed by atoms with van der Waals surface area (Å²) in [5.74, 6) is 0.347. The highest BCUT2D eigenvalue weighted by Gasteiger charge is 1.99. The maximum Gasteiger partial charge on any atom is 0.227 e. The number of nitrogens with zero attached hydrogens (tertiary/aromatic N) is 3. The summed E-state index contributed by atoms with van der Waals surface area (Å²) in [6.45, 7) is 0. The Morgan fingerprint density at radius 2 is 2.00 bits per heavy atom. The summed E-state index contributed by atoms with van der Waals surface area (Å²) in [5.41, 5.74) is 1.65. The number of anilines is 2. The fourth-order valence-corrected chi connectivity index (χ4v) is 1.26. The number of aromatic nitrogens is 2. The van der Waals surface area contributed by atoms with Crippen molar-refractivity contribution in [3.05, 3.63) is 47.8 Å². The van der Waals surface area contributed by atoms with E-state index in [1.807, 2.05) is 6.07 Å². The molecule has 5 nitrogen and oxygen atoms in total. The molecule has 0 saturated carbocycles. The monoisotopic (exact) mass is 224 g/mol. The summed E-state index contributed by atoms with van der Waals surface area (Å²) < 4.78 is 0. The van der Waals surface area contributed by atoms with Gasteiger partial charge in [-0.2, -0.15) is 5.26 Å². The van der Waals surface area contributed by atoms with Crippen LogP contribution in [0.15, 0.2) is 36.5 Å². The second-order valence-corrected chi connectivity index (χ2v) is 3.24. The first-order valence-corrected chi connectivity index (χ1v) is 4.87. The molecule has 0 unspecified atom stereocenters. The molecule has 0 atom stereocenters. The van der Waals surface area contributed by atoms with E-state index in [2.05, 4.69) is 15.3 Å². The van der Waals surface area contributed by atoms with Gasteiger partial charge in [-0.3, -0.25) is 4.79 Å². The molecule has 1 aromatic carbocycles. The standard InChI is InChI=1S/C12H8N4O/c13-7-9-1-3-10(4-2-9)15-12-14-6-5-11(8-17)16-12/h1-6,8H,(H,14,15,16). The van der Waals surface area contributed by atoms with Crippen LogP contribution in [0.25, 0.3) is 0 Å². The van der Waals surface area contributed by atoms with Gasteiger partial charge in [0.1, 0.15) is 5.69 Å².